The Morgan fingerprint density at radius 3 is 2.42 bits per heavy atom. The van der Waals surface area contributed by atoms with Gasteiger partial charge >= 0.3 is 6.03 Å². The van der Waals surface area contributed by atoms with Crippen LogP contribution < -0.4 is 11.1 Å². The van der Waals surface area contributed by atoms with Crippen LogP contribution in [0.15, 0.2) is 30.3 Å². The Morgan fingerprint density at radius 1 is 1.21 bits per heavy atom. The number of hydrogen-bond acceptors (Lipinski definition) is 4. The number of carbonyl (C=O) groups is 2. The Morgan fingerprint density at radius 2 is 1.84 bits per heavy atom. The summed E-state index contributed by atoms with van der Waals surface area (Å²) in [4.78, 5) is 25.0. The number of carbonyl (C=O) groups excluding carboxylic acids is 2. The van der Waals surface area contributed by atoms with Gasteiger partial charge in [-0.2, -0.15) is 0 Å². The van der Waals surface area contributed by atoms with Gasteiger partial charge in [-0.25, -0.2) is 4.79 Å². The van der Waals surface area contributed by atoms with Gasteiger partial charge in [-0.05, 0) is 5.56 Å². The molecule has 6 nitrogen and oxygen atoms in total. The molecule has 1 aromatic rings. The normalized spacial score (nSPS) is 17.7. The minimum atomic E-state index is -0.834. The van der Waals surface area contributed by atoms with E-state index in [1.54, 1.807) is 0 Å². The molecule has 0 radical (unpaired) electrons. The summed E-state index contributed by atoms with van der Waals surface area (Å²) in [7, 11) is 0. The summed E-state index contributed by atoms with van der Waals surface area (Å²) in [5.41, 5.74) is 5.86. The molecule has 1 fully saturated rings. The van der Waals surface area contributed by atoms with Crippen molar-refractivity contribution in [3.63, 3.8) is 0 Å². The molecule has 0 bridgehead atoms. The van der Waals surface area contributed by atoms with Crippen molar-refractivity contribution in [1.29, 1.82) is 0 Å². The zero-order valence-electron chi connectivity index (χ0n) is 10.5. The maximum atomic E-state index is 12.2. The minimum Gasteiger partial charge on any atom is -0.379 e. The summed E-state index contributed by atoms with van der Waals surface area (Å²) in [5, 5.41) is 2.16. The second kappa shape index (κ2) is 6.31. The van der Waals surface area contributed by atoms with Crippen LogP contribution in [0.5, 0.6) is 0 Å². The quantitative estimate of drug-likeness (QED) is 0.819. The van der Waals surface area contributed by atoms with Crippen LogP contribution in [0.2, 0.25) is 0 Å². The first kappa shape index (κ1) is 13.5. The third kappa shape index (κ3) is 3.52. The van der Waals surface area contributed by atoms with Crippen LogP contribution in [-0.4, -0.2) is 43.1 Å². The molecule has 1 unspecified atom stereocenters. The number of morpholine rings is 1. The lowest BCUT2D eigenvalue weighted by Crippen LogP contribution is -2.48. The fraction of sp³-hybridized carbons (Fsp3) is 0.385. The first-order valence-corrected chi connectivity index (χ1v) is 6.15. The lowest BCUT2D eigenvalue weighted by atomic mass is 10.0. The molecule has 6 heteroatoms. The smallest absolute Gasteiger partial charge is 0.318 e. The Kier molecular flexibility index (Phi) is 4.48. The van der Waals surface area contributed by atoms with Gasteiger partial charge in [-0.3, -0.25) is 15.0 Å². The molecular weight excluding hydrogens is 246 g/mol. The van der Waals surface area contributed by atoms with Crippen LogP contribution in [0.4, 0.5) is 4.79 Å². The van der Waals surface area contributed by atoms with E-state index < -0.39 is 18.0 Å². The van der Waals surface area contributed by atoms with E-state index in [9.17, 15) is 9.59 Å². The van der Waals surface area contributed by atoms with E-state index in [0.717, 1.165) is 5.56 Å². The second-order valence-electron chi connectivity index (χ2n) is 4.32. The molecule has 102 valence electrons. The fourth-order valence-corrected chi connectivity index (χ4v) is 2.19. The third-order valence-electron chi connectivity index (χ3n) is 3.02. The van der Waals surface area contributed by atoms with E-state index in [-0.39, 0.29) is 0 Å². The first-order chi connectivity index (χ1) is 9.18. The van der Waals surface area contributed by atoms with Crippen LogP contribution in [0.1, 0.15) is 11.6 Å². The van der Waals surface area contributed by atoms with E-state index in [0.29, 0.717) is 26.3 Å². The van der Waals surface area contributed by atoms with Gasteiger partial charge in [0.25, 0.3) is 0 Å². The molecular formula is C13H17N3O3. The first-order valence-electron chi connectivity index (χ1n) is 6.15. The molecule has 1 aliphatic rings. The number of nitrogens with two attached hydrogens (primary N) is 1. The summed E-state index contributed by atoms with van der Waals surface area (Å²) < 4.78 is 5.28. The number of urea groups is 1. The number of benzene rings is 1. The molecule has 0 saturated carbocycles. The van der Waals surface area contributed by atoms with Gasteiger partial charge in [-0.1, -0.05) is 30.3 Å². The number of nitrogens with zero attached hydrogens (tertiary/aromatic N) is 1. The summed E-state index contributed by atoms with van der Waals surface area (Å²) in [6, 6.07) is 7.98. The Labute approximate surface area is 111 Å². The molecule has 19 heavy (non-hydrogen) atoms. The lowest BCUT2D eigenvalue weighted by molar-refractivity contribution is -0.127. The Balaban J connectivity index is 2.22. The number of ether oxygens (including phenoxy) is 1. The van der Waals surface area contributed by atoms with E-state index in [1.165, 1.54) is 0 Å². The van der Waals surface area contributed by atoms with Crippen molar-refractivity contribution in [1.82, 2.24) is 10.2 Å². The number of imide groups is 1. The molecule has 1 aromatic carbocycles. The van der Waals surface area contributed by atoms with Crippen molar-refractivity contribution in [3.05, 3.63) is 35.9 Å². The highest BCUT2D eigenvalue weighted by Gasteiger charge is 2.29. The van der Waals surface area contributed by atoms with Gasteiger partial charge in [-0.15, -0.1) is 0 Å². The third-order valence-corrected chi connectivity index (χ3v) is 3.02. The Hall–Kier alpha value is -1.92. The van der Waals surface area contributed by atoms with Crippen LogP contribution >= 0.6 is 0 Å². The lowest BCUT2D eigenvalue weighted by Gasteiger charge is -2.33. The molecule has 1 atom stereocenters. The molecule has 3 N–H and O–H groups in total. The number of primary amides is 1. The van der Waals surface area contributed by atoms with E-state index in [1.807, 2.05) is 35.2 Å². The monoisotopic (exact) mass is 263 g/mol. The maximum absolute atomic E-state index is 12.2. The van der Waals surface area contributed by atoms with Crippen molar-refractivity contribution >= 4 is 11.9 Å². The van der Waals surface area contributed by atoms with Gasteiger partial charge in [0.05, 0.1) is 13.2 Å². The highest BCUT2D eigenvalue weighted by molar-refractivity contribution is 5.96. The maximum Gasteiger partial charge on any atom is 0.318 e. The molecule has 1 heterocycles. The van der Waals surface area contributed by atoms with Gasteiger partial charge in [0.15, 0.2) is 0 Å². The van der Waals surface area contributed by atoms with E-state index in [2.05, 4.69) is 5.32 Å². The number of nitrogens with one attached hydrogen (secondary N) is 1. The highest BCUT2D eigenvalue weighted by Crippen LogP contribution is 2.21. The van der Waals surface area contributed by atoms with Crippen molar-refractivity contribution < 1.29 is 14.3 Å². The standard InChI is InChI=1S/C13H17N3O3/c14-13(18)15-12(17)11(10-4-2-1-3-5-10)16-6-8-19-9-7-16/h1-5,11H,6-9H2,(H3,14,15,17,18). The van der Waals surface area contributed by atoms with Gasteiger partial charge in [0.2, 0.25) is 5.91 Å². The summed E-state index contributed by atoms with van der Waals surface area (Å²) in [5.74, 6) is -0.402. The highest BCUT2D eigenvalue weighted by atomic mass is 16.5. The van der Waals surface area contributed by atoms with Crippen LogP contribution in [-0.2, 0) is 9.53 Å². The fourth-order valence-electron chi connectivity index (χ4n) is 2.19. The average molecular weight is 263 g/mol. The number of hydrogen-bond donors (Lipinski definition) is 2. The molecule has 1 saturated heterocycles. The SMILES string of the molecule is NC(=O)NC(=O)C(c1ccccc1)N1CCOCC1. The van der Waals surface area contributed by atoms with Crippen molar-refractivity contribution in [2.75, 3.05) is 26.3 Å². The van der Waals surface area contributed by atoms with Crippen LogP contribution in [0.25, 0.3) is 0 Å². The van der Waals surface area contributed by atoms with Gasteiger partial charge in [0, 0.05) is 13.1 Å². The van der Waals surface area contributed by atoms with Crippen molar-refractivity contribution in [2.24, 2.45) is 5.73 Å². The summed E-state index contributed by atoms with van der Waals surface area (Å²) in [6.07, 6.45) is 0. The zero-order chi connectivity index (χ0) is 13.7. The largest absolute Gasteiger partial charge is 0.379 e. The van der Waals surface area contributed by atoms with Crippen molar-refractivity contribution in [2.45, 2.75) is 6.04 Å². The molecule has 0 aromatic heterocycles. The van der Waals surface area contributed by atoms with E-state index in [4.69, 9.17) is 10.5 Å². The average Bonchev–Trinajstić information content (AvgIpc) is 2.40. The van der Waals surface area contributed by atoms with Crippen LogP contribution in [0.3, 0.4) is 0 Å². The second-order valence-corrected chi connectivity index (χ2v) is 4.32. The van der Waals surface area contributed by atoms with Crippen LogP contribution in [0, 0.1) is 0 Å². The predicted molar refractivity (Wildman–Crippen MR) is 69.3 cm³/mol. The molecule has 0 spiro atoms. The molecule has 3 amide bonds. The van der Waals surface area contributed by atoms with Gasteiger partial charge in [0.1, 0.15) is 6.04 Å². The van der Waals surface area contributed by atoms with Gasteiger partial charge < -0.3 is 10.5 Å². The zero-order valence-corrected chi connectivity index (χ0v) is 10.5. The Bertz CT molecular complexity index is 444. The predicted octanol–water partition coefficient (Wildman–Crippen LogP) is 0.255. The molecule has 0 aliphatic carbocycles. The number of rotatable bonds is 3. The minimum absolute atomic E-state index is 0.402. The summed E-state index contributed by atoms with van der Waals surface area (Å²) in [6.45, 7) is 2.44. The van der Waals surface area contributed by atoms with E-state index >= 15 is 0 Å². The topological polar surface area (TPSA) is 84.7 Å². The molecule has 1 aliphatic heterocycles. The summed E-state index contributed by atoms with van der Waals surface area (Å²) >= 11 is 0. The molecule has 2 rings (SSSR count). The number of amides is 3. The van der Waals surface area contributed by atoms with Crippen molar-refractivity contribution in [3.8, 4) is 0 Å².